The monoisotopic (exact) mass is 242 g/mol. The quantitative estimate of drug-likeness (QED) is 0.805. The number of aromatic nitrogens is 1. The standard InChI is InChI=1S/C12H22N2OS/c1-9(2)11-14-6-10(16-11)5-13-7-12(3,4)8-15/h6,9,13,15H,5,7-8H2,1-4H3. The first-order chi connectivity index (χ1) is 7.44. The molecule has 2 N–H and O–H groups in total. The van der Waals surface area contributed by atoms with Crippen LogP contribution < -0.4 is 5.32 Å². The van der Waals surface area contributed by atoms with Crippen LogP contribution >= 0.6 is 11.3 Å². The fourth-order valence-electron chi connectivity index (χ4n) is 1.25. The average Bonchev–Trinajstić information content (AvgIpc) is 2.66. The molecule has 16 heavy (non-hydrogen) atoms. The molecule has 0 radical (unpaired) electrons. The van der Waals surface area contributed by atoms with Crippen LogP contribution in [0.4, 0.5) is 0 Å². The molecule has 0 unspecified atom stereocenters. The highest BCUT2D eigenvalue weighted by atomic mass is 32.1. The van der Waals surface area contributed by atoms with E-state index in [4.69, 9.17) is 5.11 Å². The third-order valence-corrected chi connectivity index (χ3v) is 3.69. The summed E-state index contributed by atoms with van der Waals surface area (Å²) in [6.07, 6.45) is 1.94. The van der Waals surface area contributed by atoms with Crippen LogP contribution in [-0.2, 0) is 6.54 Å². The van der Waals surface area contributed by atoms with Crippen LogP contribution in [0.25, 0.3) is 0 Å². The predicted molar refractivity (Wildman–Crippen MR) is 68.8 cm³/mol. The summed E-state index contributed by atoms with van der Waals surface area (Å²) < 4.78 is 0. The highest BCUT2D eigenvalue weighted by Gasteiger charge is 2.15. The number of rotatable bonds is 6. The van der Waals surface area contributed by atoms with Gasteiger partial charge in [-0.25, -0.2) is 4.98 Å². The first-order valence-electron chi connectivity index (χ1n) is 5.71. The van der Waals surface area contributed by atoms with Gasteiger partial charge in [-0.05, 0) is 0 Å². The Morgan fingerprint density at radius 1 is 1.50 bits per heavy atom. The molecule has 1 rings (SSSR count). The molecule has 0 aliphatic rings. The van der Waals surface area contributed by atoms with Crippen molar-refractivity contribution in [3.05, 3.63) is 16.1 Å². The molecule has 1 aromatic rings. The van der Waals surface area contributed by atoms with E-state index in [1.54, 1.807) is 11.3 Å². The third kappa shape index (κ3) is 4.20. The Morgan fingerprint density at radius 2 is 2.19 bits per heavy atom. The summed E-state index contributed by atoms with van der Waals surface area (Å²) in [4.78, 5) is 5.64. The molecule has 1 aromatic heterocycles. The van der Waals surface area contributed by atoms with Crippen molar-refractivity contribution in [2.24, 2.45) is 5.41 Å². The molecule has 0 amide bonds. The number of hydrogen-bond acceptors (Lipinski definition) is 4. The second-order valence-corrected chi connectivity index (χ2v) is 6.39. The van der Waals surface area contributed by atoms with Crippen molar-refractivity contribution in [3.63, 3.8) is 0 Å². The minimum atomic E-state index is -0.0500. The second kappa shape index (κ2) is 5.75. The molecule has 1 heterocycles. The van der Waals surface area contributed by atoms with E-state index >= 15 is 0 Å². The van der Waals surface area contributed by atoms with E-state index in [1.807, 2.05) is 20.0 Å². The molecule has 0 atom stereocenters. The van der Waals surface area contributed by atoms with Gasteiger partial charge in [0.05, 0.1) is 5.01 Å². The number of aliphatic hydroxyl groups is 1. The summed E-state index contributed by atoms with van der Waals surface area (Å²) in [5.41, 5.74) is -0.0500. The van der Waals surface area contributed by atoms with E-state index in [9.17, 15) is 0 Å². The Kier molecular flexibility index (Phi) is 4.89. The van der Waals surface area contributed by atoms with Crippen molar-refractivity contribution in [2.75, 3.05) is 13.2 Å². The number of aliphatic hydroxyl groups excluding tert-OH is 1. The van der Waals surface area contributed by atoms with Crippen LogP contribution in [0.2, 0.25) is 0 Å². The maximum absolute atomic E-state index is 9.12. The van der Waals surface area contributed by atoms with Gasteiger partial charge >= 0.3 is 0 Å². The van der Waals surface area contributed by atoms with Crippen molar-refractivity contribution < 1.29 is 5.11 Å². The first-order valence-corrected chi connectivity index (χ1v) is 6.52. The lowest BCUT2D eigenvalue weighted by Gasteiger charge is -2.21. The van der Waals surface area contributed by atoms with E-state index in [0.29, 0.717) is 5.92 Å². The molecule has 0 fully saturated rings. The maximum atomic E-state index is 9.12. The maximum Gasteiger partial charge on any atom is 0.0953 e. The van der Waals surface area contributed by atoms with Crippen LogP contribution in [0, 0.1) is 5.41 Å². The van der Waals surface area contributed by atoms with Gasteiger partial charge in [-0.1, -0.05) is 27.7 Å². The molecule has 0 saturated heterocycles. The molecule has 0 aliphatic carbocycles. The lowest BCUT2D eigenvalue weighted by atomic mass is 9.95. The van der Waals surface area contributed by atoms with Crippen LogP contribution in [0.5, 0.6) is 0 Å². The largest absolute Gasteiger partial charge is 0.396 e. The lowest BCUT2D eigenvalue weighted by molar-refractivity contribution is 0.157. The molecule has 0 saturated carbocycles. The Labute approximate surface area is 102 Å². The van der Waals surface area contributed by atoms with E-state index in [1.165, 1.54) is 9.88 Å². The zero-order valence-corrected chi connectivity index (χ0v) is 11.4. The Morgan fingerprint density at radius 3 is 2.69 bits per heavy atom. The Hall–Kier alpha value is -0.450. The number of thiazole rings is 1. The third-order valence-electron chi connectivity index (χ3n) is 2.40. The van der Waals surface area contributed by atoms with Crippen LogP contribution in [0.1, 0.15) is 43.5 Å². The lowest BCUT2D eigenvalue weighted by Crippen LogP contribution is -2.31. The van der Waals surface area contributed by atoms with Crippen molar-refractivity contribution in [2.45, 2.75) is 40.2 Å². The van der Waals surface area contributed by atoms with Crippen molar-refractivity contribution in [1.29, 1.82) is 0 Å². The van der Waals surface area contributed by atoms with Crippen LogP contribution in [-0.4, -0.2) is 23.2 Å². The summed E-state index contributed by atoms with van der Waals surface area (Å²) in [6, 6.07) is 0. The van der Waals surface area contributed by atoms with E-state index in [2.05, 4.69) is 24.1 Å². The summed E-state index contributed by atoms with van der Waals surface area (Å²) >= 11 is 1.76. The van der Waals surface area contributed by atoms with Crippen molar-refractivity contribution >= 4 is 11.3 Å². The molecule has 0 bridgehead atoms. The van der Waals surface area contributed by atoms with Gasteiger partial charge in [0.1, 0.15) is 0 Å². The highest BCUT2D eigenvalue weighted by Crippen LogP contribution is 2.21. The summed E-state index contributed by atoms with van der Waals surface area (Å²) in [5, 5.41) is 13.7. The average molecular weight is 242 g/mol. The smallest absolute Gasteiger partial charge is 0.0953 e. The van der Waals surface area contributed by atoms with Crippen molar-refractivity contribution in [1.82, 2.24) is 10.3 Å². The highest BCUT2D eigenvalue weighted by molar-refractivity contribution is 7.11. The molecular weight excluding hydrogens is 220 g/mol. The van der Waals surface area contributed by atoms with Crippen LogP contribution in [0.3, 0.4) is 0 Å². The van der Waals surface area contributed by atoms with Crippen molar-refractivity contribution in [3.8, 4) is 0 Å². The minimum Gasteiger partial charge on any atom is -0.396 e. The van der Waals surface area contributed by atoms with Gasteiger partial charge in [0.15, 0.2) is 0 Å². The van der Waals surface area contributed by atoms with Gasteiger partial charge in [-0.15, -0.1) is 11.3 Å². The summed E-state index contributed by atoms with van der Waals surface area (Å²) in [5.74, 6) is 0.507. The normalized spacial score (nSPS) is 12.4. The fraction of sp³-hybridized carbons (Fsp3) is 0.750. The zero-order valence-electron chi connectivity index (χ0n) is 10.6. The number of nitrogens with zero attached hydrogens (tertiary/aromatic N) is 1. The first kappa shape index (κ1) is 13.6. The van der Waals surface area contributed by atoms with Gasteiger partial charge in [0.2, 0.25) is 0 Å². The Balaban J connectivity index is 2.37. The molecule has 3 nitrogen and oxygen atoms in total. The van der Waals surface area contributed by atoms with Crippen LogP contribution in [0.15, 0.2) is 6.20 Å². The van der Waals surface area contributed by atoms with Gasteiger partial charge in [-0.2, -0.15) is 0 Å². The summed E-state index contributed by atoms with van der Waals surface area (Å²) in [7, 11) is 0. The predicted octanol–water partition coefficient (Wildman–Crippen LogP) is 2.37. The number of nitrogens with one attached hydrogen (secondary N) is 1. The molecule has 0 aliphatic heterocycles. The zero-order chi connectivity index (χ0) is 12.2. The SMILES string of the molecule is CC(C)c1ncc(CNCC(C)(C)CO)s1. The molecule has 4 heteroatoms. The summed E-state index contributed by atoms with van der Waals surface area (Å²) in [6.45, 7) is 10.3. The molecular formula is C12H22N2OS. The minimum absolute atomic E-state index is 0.0500. The van der Waals surface area contributed by atoms with Gasteiger partial charge < -0.3 is 10.4 Å². The number of hydrogen-bond donors (Lipinski definition) is 2. The van der Waals surface area contributed by atoms with E-state index in [0.717, 1.165) is 13.1 Å². The molecule has 92 valence electrons. The van der Waals surface area contributed by atoms with E-state index in [-0.39, 0.29) is 12.0 Å². The van der Waals surface area contributed by atoms with E-state index < -0.39 is 0 Å². The molecule has 0 spiro atoms. The topological polar surface area (TPSA) is 45.2 Å². The fourth-order valence-corrected chi connectivity index (χ4v) is 2.14. The van der Waals surface area contributed by atoms with Gasteiger partial charge in [0, 0.05) is 42.1 Å². The van der Waals surface area contributed by atoms with Gasteiger partial charge in [0.25, 0.3) is 0 Å². The Bertz CT molecular complexity index is 321. The van der Waals surface area contributed by atoms with Gasteiger partial charge in [-0.3, -0.25) is 0 Å². The molecule has 0 aromatic carbocycles. The second-order valence-electron chi connectivity index (χ2n) is 5.25.